The molecule has 3 heteroatoms. The van der Waals surface area contributed by atoms with Gasteiger partial charge >= 0.3 is 5.97 Å². The summed E-state index contributed by atoms with van der Waals surface area (Å²) in [7, 11) is 0. The zero-order valence-electron chi connectivity index (χ0n) is 7.71. The molecule has 0 saturated heterocycles. The number of carbonyl (C=O) groups is 1. The number of hydrogen-bond donors (Lipinski definition) is 0. The van der Waals surface area contributed by atoms with Crippen molar-refractivity contribution in [2.24, 2.45) is 0 Å². The molecule has 0 amide bonds. The van der Waals surface area contributed by atoms with Gasteiger partial charge < -0.3 is 4.74 Å². The Labute approximate surface area is 91.8 Å². The Hall–Kier alpha value is -0.427. The second-order valence-corrected chi connectivity index (χ2v) is 2.85. The molecular formula is C10H14O2Rh. The predicted molar refractivity (Wildman–Crippen MR) is 47.5 cm³/mol. The van der Waals surface area contributed by atoms with Crippen molar-refractivity contribution in [3.8, 4) is 0 Å². The Balaban J connectivity index is 0.00000144. The molecule has 0 spiro atoms. The van der Waals surface area contributed by atoms with Crippen molar-refractivity contribution in [3.63, 3.8) is 0 Å². The van der Waals surface area contributed by atoms with Crippen LogP contribution < -0.4 is 0 Å². The first-order valence-electron chi connectivity index (χ1n) is 4.31. The average Bonchev–Trinajstić information content (AvgIpc) is 1.93. The molecule has 75 valence electrons. The summed E-state index contributed by atoms with van der Waals surface area (Å²) in [4.78, 5) is 10.6. The number of rotatable bonds is 1. The van der Waals surface area contributed by atoms with Gasteiger partial charge in [0.1, 0.15) is 5.76 Å². The minimum Gasteiger partial charge on any atom is -0.432 e. The molecular weight excluding hydrogens is 255 g/mol. The van der Waals surface area contributed by atoms with E-state index in [1.165, 1.54) is 6.92 Å². The van der Waals surface area contributed by atoms with E-state index in [0.29, 0.717) is 0 Å². The van der Waals surface area contributed by atoms with Crippen molar-refractivity contribution in [3.05, 3.63) is 24.0 Å². The molecule has 13 heavy (non-hydrogen) atoms. The zero-order valence-corrected chi connectivity index (χ0v) is 9.35. The van der Waals surface area contributed by atoms with E-state index in [0.717, 1.165) is 31.4 Å². The van der Waals surface area contributed by atoms with Gasteiger partial charge in [-0.15, -0.1) is 0 Å². The predicted octanol–water partition coefficient (Wildman–Crippen LogP) is 2.56. The van der Waals surface area contributed by atoms with Gasteiger partial charge in [-0.3, -0.25) is 4.79 Å². The molecule has 1 rings (SSSR count). The van der Waals surface area contributed by atoms with Crippen LogP contribution in [-0.4, -0.2) is 5.97 Å². The SMILES string of the molecule is CC(=O)OC1=CCCC=CCC1.[Rh]. The largest absolute Gasteiger partial charge is 0.432 e. The third-order valence-electron chi connectivity index (χ3n) is 1.70. The Morgan fingerprint density at radius 1 is 1.31 bits per heavy atom. The number of hydrogen-bond acceptors (Lipinski definition) is 2. The van der Waals surface area contributed by atoms with Crippen molar-refractivity contribution >= 4 is 5.97 Å². The van der Waals surface area contributed by atoms with Crippen LogP contribution in [0, 0.1) is 0 Å². The number of allylic oxidation sites excluding steroid dienone is 4. The fraction of sp³-hybridized carbons (Fsp3) is 0.500. The van der Waals surface area contributed by atoms with Gasteiger partial charge in [-0.25, -0.2) is 0 Å². The van der Waals surface area contributed by atoms with Gasteiger partial charge in [0.15, 0.2) is 0 Å². The van der Waals surface area contributed by atoms with Crippen LogP contribution in [-0.2, 0) is 29.0 Å². The summed E-state index contributed by atoms with van der Waals surface area (Å²) in [5, 5.41) is 0. The van der Waals surface area contributed by atoms with Crippen LogP contribution in [0.5, 0.6) is 0 Å². The van der Waals surface area contributed by atoms with E-state index < -0.39 is 0 Å². The molecule has 0 aromatic heterocycles. The van der Waals surface area contributed by atoms with E-state index in [4.69, 9.17) is 4.74 Å². The molecule has 0 N–H and O–H groups in total. The van der Waals surface area contributed by atoms with Gasteiger partial charge in [0.2, 0.25) is 0 Å². The Morgan fingerprint density at radius 2 is 2.00 bits per heavy atom. The van der Waals surface area contributed by atoms with E-state index in [9.17, 15) is 4.79 Å². The topological polar surface area (TPSA) is 26.3 Å². The summed E-state index contributed by atoms with van der Waals surface area (Å²) in [6.07, 6.45) is 10.1. The maximum atomic E-state index is 10.6. The number of ether oxygens (including phenoxy) is 1. The zero-order chi connectivity index (χ0) is 8.81. The minimum absolute atomic E-state index is 0. The monoisotopic (exact) mass is 269 g/mol. The van der Waals surface area contributed by atoms with E-state index in [1.54, 1.807) is 0 Å². The van der Waals surface area contributed by atoms with Crippen molar-refractivity contribution in [1.29, 1.82) is 0 Å². The molecule has 0 fully saturated rings. The Morgan fingerprint density at radius 3 is 2.69 bits per heavy atom. The van der Waals surface area contributed by atoms with E-state index in [1.807, 2.05) is 6.08 Å². The molecule has 1 aliphatic rings. The molecule has 0 aromatic rings. The molecule has 0 saturated carbocycles. The van der Waals surface area contributed by atoms with Crippen LogP contribution in [0.15, 0.2) is 24.0 Å². The fourth-order valence-electron chi connectivity index (χ4n) is 1.18. The fourth-order valence-corrected chi connectivity index (χ4v) is 1.18. The maximum Gasteiger partial charge on any atom is 0.307 e. The summed E-state index contributed by atoms with van der Waals surface area (Å²) in [5.74, 6) is 0.609. The first-order valence-corrected chi connectivity index (χ1v) is 4.31. The van der Waals surface area contributed by atoms with Gasteiger partial charge in [-0.1, -0.05) is 12.2 Å². The van der Waals surface area contributed by atoms with E-state index in [-0.39, 0.29) is 25.4 Å². The molecule has 0 aliphatic heterocycles. The second-order valence-electron chi connectivity index (χ2n) is 2.85. The molecule has 0 unspecified atom stereocenters. The molecule has 1 aliphatic carbocycles. The molecule has 1 radical (unpaired) electrons. The van der Waals surface area contributed by atoms with Gasteiger partial charge in [-0.05, 0) is 25.3 Å². The normalized spacial score (nSPS) is 16.2. The minimum atomic E-state index is -0.217. The van der Waals surface area contributed by atoms with Crippen LogP contribution in [0.1, 0.15) is 32.6 Å². The van der Waals surface area contributed by atoms with Crippen molar-refractivity contribution in [1.82, 2.24) is 0 Å². The first-order chi connectivity index (χ1) is 5.79. The third kappa shape index (κ3) is 5.76. The van der Waals surface area contributed by atoms with Crippen LogP contribution in [0.3, 0.4) is 0 Å². The first kappa shape index (κ1) is 12.6. The Kier molecular flexibility index (Phi) is 6.79. The smallest absolute Gasteiger partial charge is 0.307 e. The summed E-state index contributed by atoms with van der Waals surface area (Å²) in [5.41, 5.74) is 0. The summed E-state index contributed by atoms with van der Waals surface area (Å²) >= 11 is 0. The van der Waals surface area contributed by atoms with Crippen LogP contribution in [0.4, 0.5) is 0 Å². The van der Waals surface area contributed by atoms with Gasteiger partial charge in [0.25, 0.3) is 0 Å². The molecule has 0 aromatic carbocycles. The number of carbonyl (C=O) groups excluding carboxylic acids is 1. The third-order valence-corrected chi connectivity index (χ3v) is 1.70. The summed E-state index contributed by atoms with van der Waals surface area (Å²) in [6.45, 7) is 1.44. The molecule has 0 heterocycles. The van der Waals surface area contributed by atoms with E-state index >= 15 is 0 Å². The van der Waals surface area contributed by atoms with Crippen LogP contribution in [0.2, 0.25) is 0 Å². The van der Waals surface area contributed by atoms with Crippen molar-refractivity contribution in [2.45, 2.75) is 32.6 Å². The number of esters is 1. The Bertz CT molecular complexity index is 219. The van der Waals surface area contributed by atoms with Crippen molar-refractivity contribution < 1.29 is 29.0 Å². The second kappa shape index (κ2) is 7.02. The quantitative estimate of drug-likeness (QED) is 0.415. The summed E-state index contributed by atoms with van der Waals surface area (Å²) < 4.78 is 5.02. The van der Waals surface area contributed by atoms with Gasteiger partial charge in [0.05, 0.1) is 0 Å². The molecule has 2 nitrogen and oxygen atoms in total. The van der Waals surface area contributed by atoms with Gasteiger partial charge in [0, 0.05) is 32.8 Å². The standard InChI is InChI=1S/C10H14O2.Rh/c1-9(11)12-10-7-5-3-2-4-6-8-10;/h2-3,8H,4-7H2,1H3;. The molecule has 0 atom stereocenters. The van der Waals surface area contributed by atoms with Crippen LogP contribution >= 0.6 is 0 Å². The van der Waals surface area contributed by atoms with Gasteiger partial charge in [-0.2, -0.15) is 0 Å². The molecule has 0 bridgehead atoms. The van der Waals surface area contributed by atoms with Crippen molar-refractivity contribution in [2.75, 3.05) is 0 Å². The van der Waals surface area contributed by atoms with E-state index in [2.05, 4.69) is 12.2 Å². The maximum absolute atomic E-state index is 10.6. The summed E-state index contributed by atoms with van der Waals surface area (Å²) in [6, 6.07) is 0. The van der Waals surface area contributed by atoms with Crippen LogP contribution in [0.25, 0.3) is 0 Å². The average molecular weight is 269 g/mol.